The molecule has 1 fully saturated rings. The molecule has 27 heavy (non-hydrogen) atoms. The van der Waals surface area contributed by atoms with Crippen molar-refractivity contribution in [3.63, 3.8) is 0 Å². The van der Waals surface area contributed by atoms with Crippen LogP contribution < -0.4 is 11.1 Å². The molecule has 0 spiro atoms. The van der Waals surface area contributed by atoms with E-state index in [4.69, 9.17) is 5.73 Å². The van der Waals surface area contributed by atoms with Crippen LogP contribution in [0.25, 0.3) is 0 Å². The summed E-state index contributed by atoms with van der Waals surface area (Å²) in [5.74, 6) is -1.64. The van der Waals surface area contributed by atoms with Crippen LogP contribution in [0, 0.1) is 23.2 Å². The number of amides is 3. The largest absolute Gasteiger partial charge is 0.369 e. The second-order valence-electron chi connectivity index (χ2n) is 7.39. The lowest BCUT2D eigenvalue weighted by Crippen LogP contribution is -2.58. The van der Waals surface area contributed by atoms with Gasteiger partial charge < -0.3 is 11.1 Å². The zero-order valence-corrected chi connectivity index (χ0v) is 15.7. The molecule has 0 bridgehead atoms. The summed E-state index contributed by atoms with van der Waals surface area (Å²) in [4.78, 5) is 38.7. The lowest BCUT2D eigenvalue weighted by atomic mass is 9.84. The van der Waals surface area contributed by atoms with Crippen molar-refractivity contribution in [1.29, 1.82) is 5.26 Å². The van der Waals surface area contributed by atoms with Crippen molar-refractivity contribution in [3.8, 4) is 6.07 Å². The van der Waals surface area contributed by atoms with E-state index in [0.29, 0.717) is 31.5 Å². The molecule has 1 aromatic rings. The molecule has 0 saturated carbocycles. The van der Waals surface area contributed by atoms with E-state index in [1.807, 2.05) is 0 Å². The van der Waals surface area contributed by atoms with Gasteiger partial charge in [0, 0.05) is 11.0 Å². The predicted molar refractivity (Wildman–Crippen MR) is 100.0 cm³/mol. The van der Waals surface area contributed by atoms with Gasteiger partial charge in [-0.05, 0) is 44.5 Å². The number of hydrogen-bond donors (Lipinski definition) is 2. The summed E-state index contributed by atoms with van der Waals surface area (Å²) in [7, 11) is 0. The molecule has 1 radical (unpaired) electrons. The molecule has 1 heterocycles. The number of hydrogen-bond acceptors (Lipinski definition) is 5. The van der Waals surface area contributed by atoms with Crippen LogP contribution in [0.3, 0.4) is 0 Å². The van der Waals surface area contributed by atoms with Crippen molar-refractivity contribution in [3.05, 3.63) is 42.3 Å². The lowest BCUT2D eigenvalue weighted by Gasteiger charge is -2.40. The standard InChI is InChI=1S/C20H25N4O3/c1-19(2,18(22)27)9-8-16(25)24(17(26)15-6-4-3-5-7-15)20(14-21)10-12-23-13-11-20/h3-8,23H,9-13H2,1-2H3,(H2,22,27). The summed E-state index contributed by atoms with van der Waals surface area (Å²) in [5.41, 5.74) is 3.56. The Bertz CT molecular complexity index is 746. The minimum atomic E-state index is -1.22. The van der Waals surface area contributed by atoms with E-state index in [-0.39, 0.29) is 6.42 Å². The molecule has 1 aromatic carbocycles. The third-order valence-corrected chi connectivity index (χ3v) is 4.97. The first-order valence-electron chi connectivity index (χ1n) is 8.92. The number of nitriles is 1. The first-order chi connectivity index (χ1) is 12.7. The second-order valence-corrected chi connectivity index (χ2v) is 7.39. The number of piperidine rings is 1. The Morgan fingerprint density at radius 1 is 1.26 bits per heavy atom. The molecule has 0 aliphatic carbocycles. The summed E-state index contributed by atoms with van der Waals surface area (Å²) in [6, 6.07) is 10.6. The molecule has 2 rings (SSSR count). The molecule has 143 valence electrons. The molecule has 1 aliphatic heterocycles. The molecular formula is C20H25N4O3. The second kappa shape index (κ2) is 8.31. The third kappa shape index (κ3) is 4.52. The Balaban J connectivity index is 2.35. The van der Waals surface area contributed by atoms with Crippen molar-refractivity contribution in [1.82, 2.24) is 10.2 Å². The number of nitrogens with one attached hydrogen (secondary N) is 1. The normalized spacial score (nSPS) is 16.2. The van der Waals surface area contributed by atoms with Gasteiger partial charge in [-0.25, -0.2) is 0 Å². The topological polar surface area (TPSA) is 116 Å². The van der Waals surface area contributed by atoms with Gasteiger partial charge in [0.05, 0.1) is 12.5 Å². The smallest absolute Gasteiger partial charge is 0.261 e. The Morgan fingerprint density at radius 2 is 1.85 bits per heavy atom. The van der Waals surface area contributed by atoms with Gasteiger partial charge in [0.15, 0.2) is 0 Å². The molecule has 3 N–H and O–H groups in total. The third-order valence-electron chi connectivity index (χ3n) is 4.97. The minimum Gasteiger partial charge on any atom is -0.369 e. The van der Waals surface area contributed by atoms with Crippen LogP contribution in [0.2, 0.25) is 0 Å². The monoisotopic (exact) mass is 369 g/mol. The number of carbonyl (C=O) groups excluding carboxylic acids is 3. The first kappa shape index (κ1) is 20.6. The van der Waals surface area contributed by atoms with Gasteiger partial charge >= 0.3 is 0 Å². The lowest BCUT2D eigenvalue weighted by molar-refractivity contribution is -0.130. The highest BCUT2D eigenvalue weighted by Crippen LogP contribution is 2.30. The molecule has 3 amide bonds. The van der Waals surface area contributed by atoms with E-state index in [1.54, 1.807) is 44.2 Å². The Morgan fingerprint density at radius 3 is 2.37 bits per heavy atom. The fourth-order valence-corrected chi connectivity index (χ4v) is 2.98. The van der Waals surface area contributed by atoms with Crippen LogP contribution in [0.5, 0.6) is 0 Å². The average Bonchev–Trinajstić information content (AvgIpc) is 2.67. The first-order valence-corrected chi connectivity index (χ1v) is 8.92. The van der Waals surface area contributed by atoms with Crippen molar-refractivity contribution in [2.45, 2.75) is 38.6 Å². The predicted octanol–water partition coefficient (Wildman–Crippen LogP) is 1.41. The highest BCUT2D eigenvalue weighted by molar-refractivity contribution is 6.08. The van der Waals surface area contributed by atoms with Crippen LogP contribution in [0.15, 0.2) is 30.3 Å². The van der Waals surface area contributed by atoms with Gasteiger partial charge in [0.1, 0.15) is 5.54 Å². The van der Waals surface area contributed by atoms with Gasteiger partial charge in [0.25, 0.3) is 5.91 Å². The Kier molecular flexibility index (Phi) is 6.34. The van der Waals surface area contributed by atoms with Crippen molar-refractivity contribution >= 4 is 17.7 Å². The van der Waals surface area contributed by atoms with Crippen LogP contribution in [-0.2, 0) is 9.59 Å². The van der Waals surface area contributed by atoms with Gasteiger partial charge in [-0.1, -0.05) is 32.0 Å². The molecule has 7 nitrogen and oxygen atoms in total. The van der Waals surface area contributed by atoms with E-state index >= 15 is 0 Å². The quantitative estimate of drug-likeness (QED) is 0.786. The van der Waals surface area contributed by atoms with Crippen molar-refractivity contribution < 1.29 is 14.4 Å². The highest BCUT2D eigenvalue weighted by Gasteiger charge is 2.45. The molecule has 0 aromatic heterocycles. The Labute approximate surface area is 159 Å². The maximum Gasteiger partial charge on any atom is 0.261 e. The summed E-state index contributed by atoms with van der Waals surface area (Å²) in [6.07, 6.45) is 2.06. The molecule has 1 saturated heterocycles. The SMILES string of the molecule is CC(C)(C[CH]C(=O)N(C(=O)c1ccccc1)C1(C#N)CCNCC1)C(N)=O. The van der Waals surface area contributed by atoms with Crippen LogP contribution in [0.1, 0.15) is 43.5 Å². The number of nitrogens with two attached hydrogens (primary N) is 1. The maximum atomic E-state index is 13.1. The maximum absolute atomic E-state index is 13.1. The van der Waals surface area contributed by atoms with Gasteiger partial charge in [-0.15, -0.1) is 0 Å². The number of rotatable bonds is 6. The van der Waals surface area contributed by atoms with E-state index in [9.17, 15) is 19.6 Å². The molecule has 7 heteroatoms. The van der Waals surface area contributed by atoms with Crippen LogP contribution >= 0.6 is 0 Å². The van der Waals surface area contributed by atoms with Crippen LogP contribution in [0.4, 0.5) is 0 Å². The molecule has 0 unspecified atom stereocenters. The molecule has 0 atom stereocenters. The van der Waals surface area contributed by atoms with E-state index < -0.39 is 28.7 Å². The fourth-order valence-electron chi connectivity index (χ4n) is 2.98. The van der Waals surface area contributed by atoms with Crippen molar-refractivity contribution in [2.75, 3.05) is 13.1 Å². The number of nitrogens with zero attached hydrogens (tertiary/aromatic N) is 2. The van der Waals surface area contributed by atoms with Crippen LogP contribution in [-0.4, -0.2) is 41.2 Å². The number of benzene rings is 1. The Hall–Kier alpha value is -2.72. The van der Waals surface area contributed by atoms with Gasteiger partial charge in [0.2, 0.25) is 11.8 Å². The average molecular weight is 369 g/mol. The summed E-state index contributed by atoms with van der Waals surface area (Å²) >= 11 is 0. The van der Waals surface area contributed by atoms with Gasteiger partial charge in [-0.2, -0.15) is 5.26 Å². The van der Waals surface area contributed by atoms with E-state index in [2.05, 4.69) is 11.4 Å². The molecule has 1 aliphatic rings. The summed E-state index contributed by atoms with van der Waals surface area (Å²) in [5, 5.41) is 13.0. The molecular weight excluding hydrogens is 344 g/mol. The number of primary amides is 1. The number of imide groups is 1. The van der Waals surface area contributed by atoms with Crippen molar-refractivity contribution in [2.24, 2.45) is 11.1 Å². The van der Waals surface area contributed by atoms with E-state index in [0.717, 1.165) is 4.90 Å². The van der Waals surface area contributed by atoms with E-state index in [1.165, 1.54) is 6.42 Å². The zero-order chi connectivity index (χ0) is 20.1. The minimum absolute atomic E-state index is 0.0828. The zero-order valence-electron chi connectivity index (χ0n) is 15.7. The summed E-state index contributed by atoms with van der Waals surface area (Å²) < 4.78 is 0. The van der Waals surface area contributed by atoms with Gasteiger partial charge in [-0.3, -0.25) is 19.3 Å². The summed E-state index contributed by atoms with van der Waals surface area (Å²) in [6.45, 7) is 4.33. The number of carbonyl (C=O) groups is 3. The fraction of sp³-hybridized carbons (Fsp3) is 0.450. The highest BCUT2D eigenvalue weighted by atomic mass is 16.2.